The molecular formula is C12H27NS2. The molecule has 0 aromatic carbocycles. The first-order valence-electron chi connectivity index (χ1n) is 5.83. The molecule has 2 atom stereocenters. The maximum Gasteiger partial charge on any atom is 0.0132 e. The lowest BCUT2D eigenvalue weighted by molar-refractivity contribution is 0.527. The number of rotatable bonds is 7. The van der Waals surface area contributed by atoms with Crippen LogP contribution < -0.4 is 5.32 Å². The van der Waals surface area contributed by atoms with Crippen molar-refractivity contribution in [3.05, 3.63) is 0 Å². The Morgan fingerprint density at radius 3 is 2.07 bits per heavy atom. The monoisotopic (exact) mass is 249 g/mol. The standard InChI is InChI=1S/C12H27NS2/c1-7-14-8-10(2)13-11(3)9-15-12(4,5)6/h10-11,13H,7-9H2,1-6H3. The third-order valence-corrected chi connectivity index (χ3v) is 4.58. The average molecular weight is 249 g/mol. The van der Waals surface area contributed by atoms with Gasteiger partial charge in [-0.3, -0.25) is 0 Å². The van der Waals surface area contributed by atoms with Crippen molar-refractivity contribution >= 4 is 23.5 Å². The Morgan fingerprint density at radius 2 is 1.60 bits per heavy atom. The summed E-state index contributed by atoms with van der Waals surface area (Å²) in [5.74, 6) is 3.64. The summed E-state index contributed by atoms with van der Waals surface area (Å²) in [7, 11) is 0. The highest BCUT2D eigenvalue weighted by atomic mass is 32.2. The summed E-state index contributed by atoms with van der Waals surface area (Å²) in [6.07, 6.45) is 0. The van der Waals surface area contributed by atoms with Gasteiger partial charge in [0, 0.05) is 28.3 Å². The first kappa shape index (κ1) is 15.7. The average Bonchev–Trinajstić information content (AvgIpc) is 2.10. The fraction of sp³-hybridized carbons (Fsp3) is 1.00. The zero-order valence-electron chi connectivity index (χ0n) is 11.1. The summed E-state index contributed by atoms with van der Waals surface area (Å²) in [6, 6.07) is 1.24. The Hall–Kier alpha value is 0.660. The highest BCUT2D eigenvalue weighted by Crippen LogP contribution is 2.23. The van der Waals surface area contributed by atoms with Gasteiger partial charge in [-0.15, -0.1) is 0 Å². The first-order chi connectivity index (χ1) is 6.85. The molecule has 0 aliphatic carbocycles. The minimum absolute atomic E-state index is 0.386. The maximum atomic E-state index is 3.65. The normalized spacial score (nSPS) is 16.4. The second kappa shape index (κ2) is 7.86. The summed E-state index contributed by atoms with van der Waals surface area (Å²) >= 11 is 4.05. The van der Waals surface area contributed by atoms with Gasteiger partial charge >= 0.3 is 0 Å². The predicted octanol–water partition coefficient (Wildman–Crippen LogP) is 3.64. The van der Waals surface area contributed by atoms with Crippen molar-refractivity contribution < 1.29 is 0 Å². The van der Waals surface area contributed by atoms with E-state index in [0.717, 1.165) is 0 Å². The van der Waals surface area contributed by atoms with E-state index in [9.17, 15) is 0 Å². The zero-order chi connectivity index (χ0) is 11.9. The Morgan fingerprint density at radius 1 is 1.07 bits per heavy atom. The molecule has 3 heteroatoms. The van der Waals surface area contributed by atoms with E-state index in [1.165, 1.54) is 17.3 Å². The van der Waals surface area contributed by atoms with Crippen molar-refractivity contribution in [2.24, 2.45) is 0 Å². The van der Waals surface area contributed by atoms with E-state index in [4.69, 9.17) is 0 Å². The van der Waals surface area contributed by atoms with E-state index < -0.39 is 0 Å². The largest absolute Gasteiger partial charge is 0.310 e. The van der Waals surface area contributed by atoms with E-state index >= 15 is 0 Å². The van der Waals surface area contributed by atoms with Crippen molar-refractivity contribution in [1.82, 2.24) is 5.32 Å². The van der Waals surface area contributed by atoms with E-state index in [1.807, 2.05) is 23.5 Å². The van der Waals surface area contributed by atoms with Crippen LogP contribution in [0.25, 0.3) is 0 Å². The molecule has 0 amide bonds. The first-order valence-corrected chi connectivity index (χ1v) is 7.97. The van der Waals surface area contributed by atoms with Gasteiger partial charge in [-0.2, -0.15) is 23.5 Å². The summed E-state index contributed by atoms with van der Waals surface area (Å²) < 4.78 is 0.386. The molecule has 1 nitrogen and oxygen atoms in total. The SMILES string of the molecule is CCSCC(C)NC(C)CSC(C)(C)C. The number of thioether (sulfide) groups is 2. The van der Waals surface area contributed by atoms with E-state index in [2.05, 4.69) is 46.9 Å². The van der Waals surface area contributed by atoms with Crippen LogP contribution in [0.3, 0.4) is 0 Å². The van der Waals surface area contributed by atoms with Gasteiger partial charge in [0.05, 0.1) is 0 Å². The van der Waals surface area contributed by atoms with Crippen LogP contribution >= 0.6 is 23.5 Å². The second-order valence-corrected chi connectivity index (χ2v) is 8.22. The molecule has 2 unspecified atom stereocenters. The molecule has 1 N–H and O–H groups in total. The minimum atomic E-state index is 0.386. The molecule has 0 aromatic rings. The highest BCUT2D eigenvalue weighted by molar-refractivity contribution is 8.00. The van der Waals surface area contributed by atoms with Gasteiger partial charge < -0.3 is 5.32 Å². The van der Waals surface area contributed by atoms with Crippen LogP contribution in [0.15, 0.2) is 0 Å². The summed E-state index contributed by atoms with van der Waals surface area (Å²) in [5, 5.41) is 3.65. The molecule has 0 aliphatic rings. The molecule has 0 aliphatic heterocycles. The molecule has 0 rings (SSSR count). The molecule has 15 heavy (non-hydrogen) atoms. The third kappa shape index (κ3) is 10.9. The van der Waals surface area contributed by atoms with E-state index in [0.29, 0.717) is 16.8 Å². The molecule has 0 heterocycles. The van der Waals surface area contributed by atoms with Crippen LogP contribution in [0.2, 0.25) is 0 Å². The Balaban J connectivity index is 3.59. The molecule has 0 radical (unpaired) electrons. The van der Waals surface area contributed by atoms with Crippen LogP contribution in [0.4, 0.5) is 0 Å². The fourth-order valence-corrected chi connectivity index (χ4v) is 2.78. The van der Waals surface area contributed by atoms with Crippen LogP contribution in [-0.4, -0.2) is 34.1 Å². The summed E-state index contributed by atoms with van der Waals surface area (Å²) in [6.45, 7) is 13.6. The second-order valence-electron chi connectivity index (χ2n) is 5.05. The smallest absolute Gasteiger partial charge is 0.0132 e. The van der Waals surface area contributed by atoms with Gasteiger partial charge in [0.2, 0.25) is 0 Å². The molecule has 0 saturated carbocycles. The molecule has 0 aromatic heterocycles. The lowest BCUT2D eigenvalue weighted by Gasteiger charge is -2.23. The third-order valence-electron chi connectivity index (χ3n) is 1.91. The predicted molar refractivity (Wildman–Crippen MR) is 77.3 cm³/mol. The Kier molecular flexibility index (Phi) is 8.20. The van der Waals surface area contributed by atoms with Gasteiger partial charge in [-0.05, 0) is 19.6 Å². The Bertz CT molecular complexity index is 154. The number of hydrogen-bond acceptors (Lipinski definition) is 3. The quantitative estimate of drug-likeness (QED) is 0.740. The molecule has 0 fully saturated rings. The molecular weight excluding hydrogens is 222 g/mol. The van der Waals surface area contributed by atoms with Crippen LogP contribution in [0.5, 0.6) is 0 Å². The van der Waals surface area contributed by atoms with Crippen LogP contribution in [0, 0.1) is 0 Å². The lowest BCUT2D eigenvalue weighted by atomic mass is 10.3. The number of hydrogen-bond donors (Lipinski definition) is 1. The van der Waals surface area contributed by atoms with E-state index in [1.54, 1.807) is 0 Å². The highest BCUT2D eigenvalue weighted by Gasteiger charge is 2.14. The lowest BCUT2D eigenvalue weighted by Crippen LogP contribution is -2.38. The summed E-state index contributed by atoms with van der Waals surface area (Å²) in [4.78, 5) is 0. The Labute approximate surface area is 105 Å². The topological polar surface area (TPSA) is 12.0 Å². The van der Waals surface area contributed by atoms with Crippen molar-refractivity contribution in [1.29, 1.82) is 0 Å². The fourth-order valence-electron chi connectivity index (χ4n) is 1.25. The molecule has 0 bridgehead atoms. The van der Waals surface area contributed by atoms with Gasteiger partial charge in [-0.1, -0.05) is 27.7 Å². The zero-order valence-corrected chi connectivity index (χ0v) is 12.7. The van der Waals surface area contributed by atoms with Gasteiger partial charge in [0.15, 0.2) is 0 Å². The molecule has 0 spiro atoms. The van der Waals surface area contributed by atoms with Crippen molar-refractivity contribution in [3.8, 4) is 0 Å². The molecule has 92 valence electrons. The van der Waals surface area contributed by atoms with Crippen LogP contribution in [0.1, 0.15) is 41.5 Å². The van der Waals surface area contributed by atoms with Crippen molar-refractivity contribution in [2.75, 3.05) is 17.3 Å². The van der Waals surface area contributed by atoms with Crippen LogP contribution in [-0.2, 0) is 0 Å². The summed E-state index contributed by atoms with van der Waals surface area (Å²) in [5.41, 5.74) is 0. The molecule has 0 saturated heterocycles. The van der Waals surface area contributed by atoms with Gasteiger partial charge in [0.25, 0.3) is 0 Å². The van der Waals surface area contributed by atoms with Gasteiger partial charge in [-0.25, -0.2) is 0 Å². The number of nitrogens with one attached hydrogen (secondary N) is 1. The van der Waals surface area contributed by atoms with Crippen molar-refractivity contribution in [3.63, 3.8) is 0 Å². The maximum absolute atomic E-state index is 3.65. The van der Waals surface area contributed by atoms with Gasteiger partial charge in [0.1, 0.15) is 0 Å². The minimum Gasteiger partial charge on any atom is -0.310 e. The van der Waals surface area contributed by atoms with Crippen molar-refractivity contribution in [2.45, 2.75) is 58.4 Å². The van der Waals surface area contributed by atoms with E-state index in [-0.39, 0.29) is 0 Å².